The number of aromatic nitrogens is 3. The van der Waals surface area contributed by atoms with Gasteiger partial charge in [0, 0.05) is 31.2 Å². The molecule has 0 radical (unpaired) electrons. The fraction of sp³-hybridized carbons (Fsp3) is 0.400. The van der Waals surface area contributed by atoms with Crippen LogP contribution in [0.3, 0.4) is 0 Å². The molecule has 2 atom stereocenters. The van der Waals surface area contributed by atoms with E-state index < -0.39 is 0 Å². The fourth-order valence-corrected chi connectivity index (χ4v) is 4.47. The molecule has 1 aliphatic rings. The molecule has 1 unspecified atom stereocenters. The summed E-state index contributed by atoms with van der Waals surface area (Å²) >= 11 is 0. The Kier molecular flexibility index (Phi) is 6.28. The van der Waals surface area contributed by atoms with Crippen LogP contribution in [0.5, 0.6) is 5.88 Å². The van der Waals surface area contributed by atoms with Gasteiger partial charge in [0.1, 0.15) is 11.5 Å². The Bertz CT molecular complexity index is 1190. The normalized spacial score (nSPS) is 17.3. The Labute approximate surface area is 188 Å². The third-order valence-electron chi connectivity index (χ3n) is 6.04. The molecule has 1 N–H and O–H groups in total. The molecule has 7 heteroatoms. The first-order valence-corrected chi connectivity index (χ1v) is 11.1. The number of methoxy groups -OCH3 is 1. The lowest BCUT2D eigenvalue weighted by Crippen LogP contribution is -2.32. The van der Waals surface area contributed by atoms with E-state index in [-0.39, 0.29) is 17.7 Å². The second kappa shape index (κ2) is 9.12. The second-order valence-electron chi connectivity index (χ2n) is 7.95. The molecule has 168 valence electrons. The number of fused-ring (bicyclic) bond motifs is 1. The van der Waals surface area contributed by atoms with Gasteiger partial charge in [-0.1, -0.05) is 24.3 Å². The van der Waals surface area contributed by atoms with E-state index in [9.17, 15) is 4.79 Å². The van der Waals surface area contributed by atoms with Crippen molar-refractivity contribution in [3.63, 3.8) is 0 Å². The van der Waals surface area contributed by atoms with Crippen LogP contribution in [-0.2, 0) is 17.7 Å². The van der Waals surface area contributed by atoms with Crippen molar-refractivity contribution in [2.75, 3.05) is 19.0 Å². The summed E-state index contributed by atoms with van der Waals surface area (Å²) in [6, 6.07) is 11.9. The maximum atomic E-state index is 13.6. The van der Waals surface area contributed by atoms with Crippen LogP contribution < -0.4 is 15.6 Å². The molecule has 1 aromatic carbocycles. The van der Waals surface area contributed by atoms with Gasteiger partial charge < -0.3 is 14.8 Å². The van der Waals surface area contributed by atoms with Gasteiger partial charge in [-0.3, -0.25) is 9.36 Å². The smallest absolute Gasteiger partial charge is 0.277 e. The van der Waals surface area contributed by atoms with E-state index in [0.29, 0.717) is 36.2 Å². The van der Waals surface area contributed by atoms with Gasteiger partial charge >= 0.3 is 0 Å². The zero-order valence-electron chi connectivity index (χ0n) is 19.3. The van der Waals surface area contributed by atoms with E-state index in [0.717, 1.165) is 17.7 Å². The van der Waals surface area contributed by atoms with Crippen LogP contribution in [0, 0.1) is 13.8 Å². The summed E-state index contributed by atoms with van der Waals surface area (Å²) in [6.07, 6.45) is 0.796. The quantitative estimate of drug-likeness (QED) is 0.604. The van der Waals surface area contributed by atoms with Crippen molar-refractivity contribution < 1.29 is 9.47 Å². The Morgan fingerprint density at radius 3 is 2.56 bits per heavy atom. The summed E-state index contributed by atoms with van der Waals surface area (Å²) < 4.78 is 12.9. The molecule has 7 nitrogen and oxygen atoms in total. The van der Waals surface area contributed by atoms with Crippen molar-refractivity contribution in [2.24, 2.45) is 0 Å². The van der Waals surface area contributed by atoms with Crippen molar-refractivity contribution in [3.8, 4) is 17.3 Å². The number of aryl methyl sites for hydroxylation is 2. The Morgan fingerprint density at radius 2 is 1.88 bits per heavy atom. The van der Waals surface area contributed by atoms with Gasteiger partial charge in [0.15, 0.2) is 0 Å². The maximum Gasteiger partial charge on any atom is 0.277 e. The van der Waals surface area contributed by atoms with Crippen molar-refractivity contribution in [3.05, 3.63) is 69.3 Å². The van der Waals surface area contributed by atoms with Crippen LogP contribution >= 0.6 is 0 Å². The topological polar surface area (TPSA) is 78.3 Å². The lowest BCUT2D eigenvalue weighted by molar-refractivity contribution is 0.0574. The summed E-state index contributed by atoms with van der Waals surface area (Å²) in [5.74, 6) is 1.15. The molecule has 0 fully saturated rings. The minimum absolute atomic E-state index is 0.0287. The SMILES string of the molecule is CCO[C@H]1Cc2ccccc2C1Nc1c(C)nc(-c2ccc(OC)nc2C)n(CC)c1=O. The lowest BCUT2D eigenvalue weighted by atomic mass is 10.1. The zero-order chi connectivity index (χ0) is 22.8. The van der Waals surface area contributed by atoms with Crippen LogP contribution in [0.25, 0.3) is 11.4 Å². The molecule has 4 rings (SSSR count). The Morgan fingerprint density at radius 1 is 1.09 bits per heavy atom. The van der Waals surface area contributed by atoms with Gasteiger partial charge in [-0.2, -0.15) is 0 Å². The predicted octanol–water partition coefficient (Wildman–Crippen LogP) is 4.07. The van der Waals surface area contributed by atoms with Crippen molar-refractivity contribution in [1.82, 2.24) is 14.5 Å². The first kappa shape index (κ1) is 22.0. The third-order valence-corrected chi connectivity index (χ3v) is 6.04. The molecule has 2 heterocycles. The van der Waals surface area contributed by atoms with E-state index in [2.05, 4.69) is 22.4 Å². The largest absolute Gasteiger partial charge is 0.481 e. The summed E-state index contributed by atoms with van der Waals surface area (Å²) in [5, 5.41) is 3.50. The number of nitrogens with one attached hydrogen (secondary N) is 1. The highest BCUT2D eigenvalue weighted by atomic mass is 16.5. The van der Waals surface area contributed by atoms with Gasteiger partial charge in [0.2, 0.25) is 5.88 Å². The van der Waals surface area contributed by atoms with Crippen molar-refractivity contribution in [1.29, 1.82) is 0 Å². The highest BCUT2D eigenvalue weighted by Crippen LogP contribution is 2.36. The molecule has 32 heavy (non-hydrogen) atoms. The highest BCUT2D eigenvalue weighted by Gasteiger charge is 2.34. The molecular weight excluding hydrogens is 404 g/mol. The number of benzene rings is 1. The summed E-state index contributed by atoms with van der Waals surface area (Å²) in [7, 11) is 1.59. The molecular formula is C25H30N4O3. The molecule has 2 aromatic heterocycles. The predicted molar refractivity (Wildman–Crippen MR) is 125 cm³/mol. The average Bonchev–Trinajstić information content (AvgIpc) is 3.13. The minimum Gasteiger partial charge on any atom is -0.481 e. The second-order valence-corrected chi connectivity index (χ2v) is 7.95. The average molecular weight is 435 g/mol. The molecule has 0 bridgehead atoms. The standard InChI is InChI=1S/C25H30N4O3/c1-6-29-24(18-12-13-21(31-5)26-15(18)3)27-16(4)22(25(29)30)28-23-19-11-9-8-10-17(19)14-20(23)32-7-2/h8-13,20,23,28H,6-7,14H2,1-5H3/t20-,23?/m0/s1. The van der Waals surface area contributed by atoms with E-state index in [1.54, 1.807) is 17.7 Å². The molecule has 1 aliphatic carbocycles. The fourth-order valence-electron chi connectivity index (χ4n) is 4.47. The Hall–Kier alpha value is -3.19. The third kappa shape index (κ3) is 3.88. The van der Waals surface area contributed by atoms with E-state index in [4.69, 9.17) is 14.5 Å². The van der Waals surface area contributed by atoms with Gasteiger partial charge in [-0.25, -0.2) is 9.97 Å². The summed E-state index contributed by atoms with van der Waals surface area (Å²) in [5.41, 5.74) is 5.08. The van der Waals surface area contributed by atoms with Gasteiger partial charge in [0.25, 0.3) is 5.56 Å². The lowest BCUT2D eigenvalue weighted by Gasteiger charge is -2.24. The number of nitrogens with zero attached hydrogens (tertiary/aromatic N) is 3. The maximum absolute atomic E-state index is 13.6. The summed E-state index contributed by atoms with van der Waals surface area (Å²) in [4.78, 5) is 22.9. The first-order chi connectivity index (χ1) is 15.5. The van der Waals surface area contributed by atoms with Crippen LogP contribution in [0.4, 0.5) is 5.69 Å². The number of hydrogen-bond donors (Lipinski definition) is 1. The highest BCUT2D eigenvalue weighted by molar-refractivity contribution is 5.62. The minimum atomic E-state index is -0.0973. The molecule has 3 aromatic rings. The van der Waals surface area contributed by atoms with E-state index >= 15 is 0 Å². The zero-order valence-corrected chi connectivity index (χ0v) is 19.3. The van der Waals surface area contributed by atoms with Crippen LogP contribution in [0.2, 0.25) is 0 Å². The van der Waals surface area contributed by atoms with Crippen LogP contribution in [0.1, 0.15) is 42.4 Å². The summed E-state index contributed by atoms with van der Waals surface area (Å²) in [6.45, 7) is 8.83. The number of anilines is 1. The van der Waals surface area contributed by atoms with Crippen molar-refractivity contribution >= 4 is 5.69 Å². The number of hydrogen-bond acceptors (Lipinski definition) is 6. The van der Waals surface area contributed by atoms with Gasteiger partial charge in [-0.15, -0.1) is 0 Å². The van der Waals surface area contributed by atoms with Gasteiger partial charge in [0.05, 0.1) is 30.6 Å². The van der Waals surface area contributed by atoms with Crippen molar-refractivity contribution in [2.45, 2.75) is 52.8 Å². The number of pyridine rings is 1. The van der Waals surface area contributed by atoms with Crippen LogP contribution in [0.15, 0.2) is 41.2 Å². The molecule has 0 saturated carbocycles. The first-order valence-electron chi connectivity index (χ1n) is 11.1. The monoisotopic (exact) mass is 434 g/mol. The van der Waals surface area contributed by atoms with Crippen LogP contribution in [-0.4, -0.2) is 34.4 Å². The molecule has 0 aliphatic heterocycles. The van der Waals surface area contributed by atoms with Gasteiger partial charge in [-0.05, 0) is 44.9 Å². The molecule has 0 spiro atoms. The molecule has 0 amide bonds. The Balaban J connectivity index is 1.77. The van der Waals surface area contributed by atoms with E-state index in [1.165, 1.54) is 11.1 Å². The molecule has 0 saturated heterocycles. The van der Waals surface area contributed by atoms with E-state index in [1.807, 2.05) is 45.9 Å². The number of rotatable bonds is 7. The number of ether oxygens (including phenoxy) is 2.